The third-order valence-corrected chi connectivity index (χ3v) is 5.37. The number of carbonyl (C=O) groups is 1. The lowest BCUT2D eigenvalue weighted by Gasteiger charge is -2.30. The first-order chi connectivity index (χ1) is 13.7. The number of rotatable bonds is 4. The maximum absolute atomic E-state index is 12.2. The van der Waals surface area contributed by atoms with Crippen LogP contribution >= 0.6 is 0 Å². The topological polar surface area (TPSA) is 47.6 Å². The van der Waals surface area contributed by atoms with Crippen molar-refractivity contribution in [1.29, 1.82) is 0 Å². The molecule has 4 nitrogen and oxygen atoms in total. The van der Waals surface area contributed by atoms with Crippen LogP contribution in [0.2, 0.25) is 0 Å². The van der Waals surface area contributed by atoms with Gasteiger partial charge in [0.25, 0.3) is 0 Å². The molecular formula is C24H21NO3. The Hall–Kier alpha value is -3.27. The van der Waals surface area contributed by atoms with E-state index in [1.807, 2.05) is 48.5 Å². The fourth-order valence-corrected chi connectivity index (χ4v) is 3.79. The van der Waals surface area contributed by atoms with E-state index < -0.39 is 0 Å². The maximum Gasteiger partial charge on any atom is 0.227 e. The molecule has 1 N–H and O–H groups in total. The van der Waals surface area contributed by atoms with Crippen LogP contribution in [0.15, 0.2) is 66.7 Å². The second-order valence-electron chi connectivity index (χ2n) is 7.31. The summed E-state index contributed by atoms with van der Waals surface area (Å²) in [5.74, 6) is 1.85. The summed E-state index contributed by atoms with van der Waals surface area (Å²) in [5, 5.41) is 3.05. The molecule has 1 aliphatic carbocycles. The largest absolute Gasteiger partial charge is 0.496 e. The number of methoxy groups -OCH3 is 1. The smallest absolute Gasteiger partial charge is 0.227 e. The Bertz CT molecular complexity index is 1040. The summed E-state index contributed by atoms with van der Waals surface area (Å²) in [5.41, 5.74) is 4.92. The molecule has 0 bridgehead atoms. The number of fused-ring (bicyclic) bond motifs is 3. The van der Waals surface area contributed by atoms with Crippen LogP contribution in [0.3, 0.4) is 0 Å². The van der Waals surface area contributed by atoms with E-state index >= 15 is 0 Å². The fraction of sp³-hybridized carbons (Fsp3) is 0.208. The predicted molar refractivity (Wildman–Crippen MR) is 109 cm³/mol. The van der Waals surface area contributed by atoms with Gasteiger partial charge in [-0.1, -0.05) is 42.5 Å². The molecule has 0 spiro atoms. The third-order valence-electron chi connectivity index (χ3n) is 5.37. The molecule has 4 heteroatoms. The molecule has 3 aromatic rings. The average molecular weight is 371 g/mol. The molecule has 1 unspecified atom stereocenters. The van der Waals surface area contributed by atoms with Gasteiger partial charge in [-0.15, -0.1) is 0 Å². The number of nitrogens with one attached hydrogen (secondary N) is 1. The lowest BCUT2D eigenvalue weighted by molar-refractivity contribution is -0.117. The Morgan fingerprint density at radius 2 is 1.86 bits per heavy atom. The van der Waals surface area contributed by atoms with Crippen molar-refractivity contribution in [3.63, 3.8) is 0 Å². The lowest BCUT2D eigenvalue weighted by atomic mass is 9.88. The highest BCUT2D eigenvalue weighted by Gasteiger charge is 2.32. The van der Waals surface area contributed by atoms with E-state index in [4.69, 9.17) is 9.47 Å². The van der Waals surface area contributed by atoms with Gasteiger partial charge in [0.05, 0.1) is 12.7 Å². The van der Waals surface area contributed by atoms with Gasteiger partial charge in [-0.2, -0.15) is 0 Å². The first kappa shape index (κ1) is 16.9. The van der Waals surface area contributed by atoms with Gasteiger partial charge in [0.15, 0.2) is 0 Å². The van der Waals surface area contributed by atoms with E-state index in [1.165, 1.54) is 0 Å². The molecule has 2 aliphatic rings. The monoisotopic (exact) mass is 371 g/mol. The van der Waals surface area contributed by atoms with Crippen molar-refractivity contribution in [2.24, 2.45) is 5.92 Å². The van der Waals surface area contributed by atoms with Crippen LogP contribution in [0, 0.1) is 5.92 Å². The van der Waals surface area contributed by atoms with Crippen molar-refractivity contribution in [1.82, 2.24) is 0 Å². The van der Waals surface area contributed by atoms with E-state index in [0.717, 1.165) is 52.3 Å². The quantitative estimate of drug-likeness (QED) is 0.686. The Morgan fingerprint density at radius 1 is 1.04 bits per heavy atom. The van der Waals surface area contributed by atoms with Gasteiger partial charge in [0.2, 0.25) is 5.91 Å². The molecule has 1 saturated carbocycles. The molecule has 0 aromatic heterocycles. The Morgan fingerprint density at radius 3 is 2.61 bits per heavy atom. The van der Waals surface area contributed by atoms with E-state index in [2.05, 4.69) is 23.5 Å². The SMILES string of the molecule is COc1cccc2c1-c1ccc(NC(=O)C3CC3)cc1C(c1ccccc1)O2. The van der Waals surface area contributed by atoms with Gasteiger partial charge >= 0.3 is 0 Å². The first-order valence-electron chi connectivity index (χ1n) is 9.58. The molecule has 0 radical (unpaired) electrons. The van der Waals surface area contributed by atoms with Crippen LogP contribution in [-0.2, 0) is 4.79 Å². The number of carbonyl (C=O) groups excluding carboxylic acids is 1. The van der Waals surface area contributed by atoms with Gasteiger partial charge in [0.1, 0.15) is 17.6 Å². The zero-order valence-electron chi connectivity index (χ0n) is 15.6. The molecule has 140 valence electrons. The second kappa shape index (κ2) is 6.71. The third kappa shape index (κ3) is 2.91. The number of hydrogen-bond donors (Lipinski definition) is 1. The van der Waals surface area contributed by atoms with Crippen molar-refractivity contribution in [2.75, 3.05) is 12.4 Å². The zero-order chi connectivity index (χ0) is 19.1. The normalized spacial score (nSPS) is 17.1. The standard InChI is InChI=1S/C24H21NO3/c1-27-20-8-5-9-21-22(20)18-13-12-17(25-24(26)16-10-11-16)14-19(18)23(28-21)15-6-3-2-4-7-15/h2-9,12-14,16,23H,10-11H2,1H3,(H,25,26). The molecule has 0 saturated heterocycles. The average Bonchev–Trinajstić information content (AvgIpc) is 3.58. The maximum atomic E-state index is 12.2. The van der Waals surface area contributed by atoms with Crippen LogP contribution in [-0.4, -0.2) is 13.0 Å². The number of benzene rings is 3. The van der Waals surface area contributed by atoms with E-state index in [0.29, 0.717) is 0 Å². The summed E-state index contributed by atoms with van der Waals surface area (Å²) in [4.78, 5) is 12.2. The summed E-state index contributed by atoms with van der Waals surface area (Å²) in [7, 11) is 1.67. The number of ether oxygens (including phenoxy) is 2. The summed E-state index contributed by atoms with van der Waals surface area (Å²) < 4.78 is 12.0. The van der Waals surface area contributed by atoms with Crippen molar-refractivity contribution >= 4 is 11.6 Å². The Kier molecular flexibility index (Phi) is 4.05. The van der Waals surface area contributed by atoms with Crippen molar-refractivity contribution in [3.8, 4) is 22.6 Å². The van der Waals surface area contributed by atoms with Crippen molar-refractivity contribution < 1.29 is 14.3 Å². The predicted octanol–water partition coefficient (Wildman–Crippen LogP) is 5.19. The van der Waals surface area contributed by atoms with Crippen LogP contribution in [0.5, 0.6) is 11.5 Å². The van der Waals surface area contributed by atoms with Gasteiger partial charge in [-0.25, -0.2) is 0 Å². The Labute approximate surface area is 164 Å². The molecular weight excluding hydrogens is 350 g/mol. The van der Waals surface area contributed by atoms with E-state index in [9.17, 15) is 4.79 Å². The summed E-state index contributed by atoms with van der Waals surface area (Å²) in [6.07, 6.45) is 1.72. The number of hydrogen-bond acceptors (Lipinski definition) is 3. The van der Waals surface area contributed by atoms with Crippen LogP contribution in [0.25, 0.3) is 11.1 Å². The van der Waals surface area contributed by atoms with Gasteiger partial charge in [0, 0.05) is 17.2 Å². The summed E-state index contributed by atoms with van der Waals surface area (Å²) in [6, 6.07) is 22.0. The summed E-state index contributed by atoms with van der Waals surface area (Å²) in [6.45, 7) is 0. The molecule has 1 amide bonds. The van der Waals surface area contributed by atoms with Crippen LogP contribution in [0.4, 0.5) is 5.69 Å². The first-order valence-corrected chi connectivity index (χ1v) is 9.58. The minimum atomic E-state index is -0.242. The fourth-order valence-electron chi connectivity index (χ4n) is 3.79. The molecule has 1 fully saturated rings. The van der Waals surface area contributed by atoms with E-state index in [-0.39, 0.29) is 17.9 Å². The molecule has 28 heavy (non-hydrogen) atoms. The lowest BCUT2D eigenvalue weighted by Crippen LogP contribution is -2.18. The molecule has 1 aliphatic heterocycles. The molecule has 5 rings (SSSR count). The van der Waals surface area contributed by atoms with Gasteiger partial charge in [-0.05, 0) is 48.2 Å². The number of anilines is 1. The van der Waals surface area contributed by atoms with Crippen molar-refractivity contribution in [2.45, 2.75) is 18.9 Å². The van der Waals surface area contributed by atoms with Crippen LogP contribution in [0.1, 0.15) is 30.1 Å². The zero-order valence-corrected chi connectivity index (χ0v) is 15.6. The molecule has 1 heterocycles. The van der Waals surface area contributed by atoms with Crippen molar-refractivity contribution in [3.05, 3.63) is 77.9 Å². The van der Waals surface area contributed by atoms with E-state index in [1.54, 1.807) is 7.11 Å². The van der Waals surface area contributed by atoms with Gasteiger partial charge < -0.3 is 14.8 Å². The van der Waals surface area contributed by atoms with Crippen LogP contribution < -0.4 is 14.8 Å². The second-order valence-corrected chi connectivity index (χ2v) is 7.31. The minimum Gasteiger partial charge on any atom is -0.496 e. The highest BCUT2D eigenvalue weighted by Crippen LogP contribution is 2.49. The molecule has 3 aromatic carbocycles. The highest BCUT2D eigenvalue weighted by molar-refractivity contribution is 5.95. The Balaban J connectivity index is 1.64. The van der Waals surface area contributed by atoms with Gasteiger partial charge in [-0.3, -0.25) is 4.79 Å². The number of amides is 1. The summed E-state index contributed by atoms with van der Waals surface area (Å²) >= 11 is 0. The molecule has 1 atom stereocenters. The highest BCUT2D eigenvalue weighted by atomic mass is 16.5. The minimum absolute atomic E-state index is 0.103.